The Hall–Kier alpha value is -0.120. The number of hydrogen-bond donors (Lipinski definition) is 1. The Morgan fingerprint density at radius 2 is 1.78 bits per heavy atom. The standard InChI is InChI=1S/C15H32N2O/c1-4-14(5-2)11-17(6-3)13-15(12-16)7-9-18-10-8-15/h14H,4-13,16H2,1-3H3. The van der Waals surface area contributed by atoms with Gasteiger partial charge in [-0.3, -0.25) is 0 Å². The van der Waals surface area contributed by atoms with Crippen molar-refractivity contribution in [1.29, 1.82) is 0 Å². The molecule has 0 atom stereocenters. The summed E-state index contributed by atoms with van der Waals surface area (Å²) < 4.78 is 5.49. The lowest BCUT2D eigenvalue weighted by atomic mass is 9.79. The Balaban J connectivity index is 2.53. The summed E-state index contributed by atoms with van der Waals surface area (Å²) in [6, 6.07) is 0. The van der Waals surface area contributed by atoms with Gasteiger partial charge in [0.1, 0.15) is 0 Å². The van der Waals surface area contributed by atoms with E-state index in [1.807, 2.05) is 0 Å². The summed E-state index contributed by atoms with van der Waals surface area (Å²) in [6.07, 6.45) is 4.82. The van der Waals surface area contributed by atoms with Crippen LogP contribution in [0.3, 0.4) is 0 Å². The number of ether oxygens (including phenoxy) is 1. The third-order valence-corrected chi connectivity index (χ3v) is 4.66. The van der Waals surface area contributed by atoms with Gasteiger partial charge in [0.15, 0.2) is 0 Å². The second-order valence-electron chi connectivity index (χ2n) is 5.83. The van der Waals surface area contributed by atoms with E-state index < -0.39 is 0 Å². The van der Waals surface area contributed by atoms with Crippen LogP contribution in [0.2, 0.25) is 0 Å². The molecule has 0 spiro atoms. The van der Waals surface area contributed by atoms with Gasteiger partial charge in [0.25, 0.3) is 0 Å². The normalized spacial score (nSPS) is 19.7. The van der Waals surface area contributed by atoms with Gasteiger partial charge in [0.2, 0.25) is 0 Å². The molecule has 0 unspecified atom stereocenters. The summed E-state index contributed by atoms with van der Waals surface area (Å²) in [5.74, 6) is 0.833. The second-order valence-corrected chi connectivity index (χ2v) is 5.83. The van der Waals surface area contributed by atoms with Crippen LogP contribution in [0.15, 0.2) is 0 Å². The smallest absolute Gasteiger partial charge is 0.0472 e. The number of nitrogens with two attached hydrogens (primary N) is 1. The molecule has 1 rings (SSSR count). The van der Waals surface area contributed by atoms with Crippen LogP contribution in [-0.4, -0.2) is 44.3 Å². The molecular formula is C15H32N2O. The van der Waals surface area contributed by atoms with Crippen LogP contribution in [0.25, 0.3) is 0 Å². The molecule has 0 aromatic rings. The highest BCUT2D eigenvalue weighted by Crippen LogP contribution is 2.30. The van der Waals surface area contributed by atoms with Crippen molar-refractivity contribution in [2.75, 3.05) is 39.4 Å². The lowest BCUT2D eigenvalue weighted by molar-refractivity contribution is -0.00179. The maximum atomic E-state index is 6.05. The van der Waals surface area contributed by atoms with E-state index in [1.165, 1.54) is 19.4 Å². The average molecular weight is 256 g/mol. The van der Waals surface area contributed by atoms with Crippen molar-refractivity contribution in [3.8, 4) is 0 Å². The van der Waals surface area contributed by atoms with Crippen molar-refractivity contribution in [1.82, 2.24) is 4.90 Å². The van der Waals surface area contributed by atoms with E-state index in [4.69, 9.17) is 10.5 Å². The molecule has 0 aromatic heterocycles. The predicted octanol–water partition coefficient (Wildman–Crippen LogP) is 2.50. The fraction of sp³-hybridized carbons (Fsp3) is 1.00. The molecule has 1 aliphatic heterocycles. The van der Waals surface area contributed by atoms with E-state index in [9.17, 15) is 0 Å². The monoisotopic (exact) mass is 256 g/mol. The summed E-state index contributed by atoms with van der Waals surface area (Å²) in [4.78, 5) is 2.61. The first-order valence-electron chi connectivity index (χ1n) is 7.69. The molecule has 0 radical (unpaired) electrons. The zero-order valence-electron chi connectivity index (χ0n) is 12.6. The first-order valence-corrected chi connectivity index (χ1v) is 7.69. The molecule has 1 heterocycles. The SMILES string of the molecule is CCC(CC)CN(CC)CC1(CN)CCOCC1. The van der Waals surface area contributed by atoms with Gasteiger partial charge in [-0.1, -0.05) is 33.6 Å². The summed E-state index contributed by atoms with van der Waals surface area (Å²) >= 11 is 0. The molecule has 0 aromatic carbocycles. The Labute approximate surface area is 113 Å². The summed E-state index contributed by atoms with van der Waals surface area (Å²) in [6.45, 7) is 13.0. The van der Waals surface area contributed by atoms with Crippen LogP contribution in [0.1, 0.15) is 46.5 Å². The number of nitrogens with zero attached hydrogens (tertiary/aromatic N) is 1. The molecule has 1 aliphatic rings. The zero-order chi connectivity index (χ0) is 13.4. The third kappa shape index (κ3) is 4.52. The second kappa shape index (κ2) is 8.13. The quantitative estimate of drug-likeness (QED) is 0.725. The summed E-state index contributed by atoms with van der Waals surface area (Å²) in [5, 5.41) is 0. The van der Waals surface area contributed by atoms with Gasteiger partial charge in [-0.15, -0.1) is 0 Å². The molecule has 0 aliphatic carbocycles. The summed E-state index contributed by atoms with van der Waals surface area (Å²) in [5.41, 5.74) is 6.36. The number of rotatable bonds is 8. The van der Waals surface area contributed by atoms with Crippen molar-refractivity contribution < 1.29 is 4.74 Å². The molecule has 3 heteroatoms. The predicted molar refractivity (Wildman–Crippen MR) is 77.7 cm³/mol. The Morgan fingerprint density at radius 3 is 2.22 bits per heavy atom. The minimum absolute atomic E-state index is 0.306. The molecule has 1 fully saturated rings. The maximum absolute atomic E-state index is 6.05. The van der Waals surface area contributed by atoms with Gasteiger partial charge >= 0.3 is 0 Å². The van der Waals surface area contributed by atoms with E-state index in [-0.39, 0.29) is 0 Å². The van der Waals surface area contributed by atoms with Crippen molar-refractivity contribution in [2.45, 2.75) is 46.5 Å². The molecule has 0 amide bonds. The Bertz CT molecular complexity index is 211. The molecule has 18 heavy (non-hydrogen) atoms. The highest BCUT2D eigenvalue weighted by molar-refractivity contribution is 4.86. The van der Waals surface area contributed by atoms with Gasteiger partial charge in [0.05, 0.1) is 0 Å². The maximum Gasteiger partial charge on any atom is 0.0472 e. The molecule has 1 saturated heterocycles. The molecular weight excluding hydrogens is 224 g/mol. The topological polar surface area (TPSA) is 38.5 Å². The minimum atomic E-state index is 0.306. The number of hydrogen-bond acceptors (Lipinski definition) is 3. The fourth-order valence-corrected chi connectivity index (χ4v) is 2.92. The van der Waals surface area contributed by atoms with Crippen molar-refractivity contribution in [2.24, 2.45) is 17.1 Å². The van der Waals surface area contributed by atoms with Crippen LogP contribution in [0.4, 0.5) is 0 Å². The molecule has 0 bridgehead atoms. The molecule has 0 saturated carbocycles. The van der Waals surface area contributed by atoms with Crippen LogP contribution in [0.5, 0.6) is 0 Å². The van der Waals surface area contributed by atoms with Gasteiger partial charge < -0.3 is 15.4 Å². The average Bonchev–Trinajstić information content (AvgIpc) is 2.44. The first kappa shape index (κ1) is 15.9. The van der Waals surface area contributed by atoms with Crippen molar-refractivity contribution in [3.63, 3.8) is 0 Å². The molecule has 2 N–H and O–H groups in total. The van der Waals surface area contributed by atoms with Gasteiger partial charge in [-0.05, 0) is 37.3 Å². The van der Waals surface area contributed by atoms with Crippen LogP contribution in [0, 0.1) is 11.3 Å². The summed E-state index contributed by atoms with van der Waals surface area (Å²) in [7, 11) is 0. The van der Waals surface area contributed by atoms with Gasteiger partial charge in [0, 0.05) is 26.3 Å². The Morgan fingerprint density at radius 1 is 1.17 bits per heavy atom. The highest BCUT2D eigenvalue weighted by atomic mass is 16.5. The fourth-order valence-electron chi connectivity index (χ4n) is 2.92. The highest BCUT2D eigenvalue weighted by Gasteiger charge is 2.33. The van der Waals surface area contributed by atoms with Crippen molar-refractivity contribution >= 4 is 0 Å². The largest absolute Gasteiger partial charge is 0.381 e. The van der Waals surface area contributed by atoms with Gasteiger partial charge in [-0.25, -0.2) is 0 Å². The van der Waals surface area contributed by atoms with Crippen LogP contribution in [-0.2, 0) is 4.74 Å². The van der Waals surface area contributed by atoms with Gasteiger partial charge in [-0.2, -0.15) is 0 Å². The van der Waals surface area contributed by atoms with E-state index >= 15 is 0 Å². The molecule has 3 nitrogen and oxygen atoms in total. The first-order chi connectivity index (χ1) is 8.69. The third-order valence-electron chi connectivity index (χ3n) is 4.66. The minimum Gasteiger partial charge on any atom is -0.381 e. The lowest BCUT2D eigenvalue weighted by Crippen LogP contribution is -2.47. The van der Waals surface area contributed by atoms with E-state index in [0.29, 0.717) is 5.41 Å². The lowest BCUT2D eigenvalue weighted by Gasteiger charge is -2.40. The van der Waals surface area contributed by atoms with Crippen LogP contribution >= 0.6 is 0 Å². The Kier molecular flexibility index (Phi) is 7.20. The molecule has 108 valence electrons. The zero-order valence-corrected chi connectivity index (χ0v) is 12.6. The van der Waals surface area contributed by atoms with E-state index in [2.05, 4.69) is 25.7 Å². The van der Waals surface area contributed by atoms with E-state index in [1.54, 1.807) is 0 Å². The van der Waals surface area contributed by atoms with Crippen molar-refractivity contribution in [3.05, 3.63) is 0 Å². The van der Waals surface area contributed by atoms with Crippen LogP contribution < -0.4 is 5.73 Å². The van der Waals surface area contributed by atoms with E-state index in [0.717, 1.165) is 51.6 Å².